The van der Waals surface area contributed by atoms with Crippen LogP contribution in [0.5, 0.6) is 5.75 Å². The van der Waals surface area contributed by atoms with E-state index in [1.54, 1.807) is 6.92 Å². The Balaban J connectivity index is 1.98. The first-order valence-corrected chi connectivity index (χ1v) is 8.46. The summed E-state index contributed by atoms with van der Waals surface area (Å²) in [6, 6.07) is 6.72. The molecular weight excluding hydrogens is 377 g/mol. The first-order chi connectivity index (χ1) is 12.9. The van der Waals surface area contributed by atoms with Crippen LogP contribution in [-0.4, -0.2) is 31.5 Å². The molecule has 0 atom stereocenters. The molecule has 0 spiro atoms. The average molecular weight is 392 g/mol. The molecule has 1 aliphatic rings. The summed E-state index contributed by atoms with van der Waals surface area (Å²) in [5, 5.41) is 0.0750. The second-order valence-corrected chi connectivity index (χ2v) is 6.12. The summed E-state index contributed by atoms with van der Waals surface area (Å²) in [4.78, 5) is 37.7. The van der Waals surface area contributed by atoms with Gasteiger partial charge in [-0.1, -0.05) is 17.7 Å². The van der Waals surface area contributed by atoms with Crippen molar-refractivity contribution in [2.24, 2.45) is 0 Å². The third kappa shape index (κ3) is 3.26. The molecule has 3 rings (SSSR count). The first kappa shape index (κ1) is 18.8. The van der Waals surface area contributed by atoms with Crippen LogP contribution in [0.15, 0.2) is 30.3 Å². The Kier molecular flexibility index (Phi) is 5.14. The normalized spacial score (nSPS) is 13.0. The van der Waals surface area contributed by atoms with Crippen molar-refractivity contribution in [2.75, 3.05) is 18.6 Å². The number of carbonyl (C=O) groups excluding carboxylic acids is 3. The number of imide groups is 1. The van der Waals surface area contributed by atoms with Crippen molar-refractivity contribution in [3.8, 4) is 5.75 Å². The lowest BCUT2D eigenvalue weighted by molar-refractivity contribution is -0.142. The molecule has 1 aliphatic heterocycles. The van der Waals surface area contributed by atoms with Crippen LogP contribution in [-0.2, 0) is 16.0 Å². The maximum Gasteiger partial charge on any atom is 0.310 e. The van der Waals surface area contributed by atoms with Crippen molar-refractivity contribution in [1.82, 2.24) is 0 Å². The third-order valence-corrected chi connectivity index (χ3v) is 4.39. The molecular formula is C19H15ClFNO5. The molecule has 0 N–H and O–H groups in total. The zero-order valence-corrected chi connectivity index (χ0v) is 15.3. The predicted octanol–water partition coefficient (Wildman–Crippen LogP) is 3.39. The lowest BCUT2D eigenvalue weighted by atomic mass is 10.1. The molecule has 2 aromatic carbocycles. The summed E-state index contributed by atoms with van der Waals surface area (Å²) in [6.45, 7) is 1.89. The van der Waals surface area contributed by atoms with E-state index in [-0.39, 0.29) is 40.6 Å². The van der Waals surface area contributed by atoms with Crippen molar-refractivity contribution in [3.05, 3.63) is 57.9 Å². The SMILES string of the molecule is CCOC(=O)Cc1ccc(N2C(=O)c3c(Cl)ccc(OC)c3C2=O)c(F)c1. The fourth-order valence-electron chi connectivity index (χ4n) is 2.90. The lowest BCUT2D eigenvalue weighted by Gasteiger charge is -2.15. The Bertz CT molecular complexity index is 959. The van der Waals surface area contributed by atoms with Gasteiger partial charge >= 0.3 is 5.97 Å². The topological polar surface area (TPSA) is 72.9 Å². The van der Waals surface area contributed by atoms with Gasteiger partial charge < -0.3 is 9.47 Å². The van der Waals surface area contributed by atoms with Crippen LogP contribution < -0.4 is 9.64 Å². The molecule has 2 aromatic rings. The number of anilines is 1. The van der Waals surface area contributed by atoms with Gasteiger partial charge in [0.05, 0.1) is 42.0 Å². The van der Waals surface area contributed by atoms with Gasteiger partial charge in [-0.05, 0) is 36.8 Å². The van der Waals surface area contributed by atoms with Gasteiger partial charge in [-0.15, -0.1) is 0 Å². The summed E-state index contributed by atoms with van der Waals surface area (Å²) in [5.74, 6) is -2.61. The van der Waals surface area contributed by atoms with Crippen LogP contribution in [0, 0.1) is 5.82 Å². The Morgan fingerprint density at radius 1 is 1.15 bits per heavy atom. The standard InChI is InChI=1S/C19H15ClFNO5/c1-3-27-15(23)9-10-4-6-13(12(21)8-10)22-18(24)16-11(20)5-7-14(26-2)17(16)19(22)25/h4-8H,3,9H2,1-2H3. The van der Waals surface area contributed by atoms with E-state index in [2.05, 4.69) is 0 Å². The number of amides is 2. The van der Waals surface area contributed by atoms with E-state index in [4.69, 9.17) is 21.1 Å². The Hall–Kier alpha value is -2.93. The van der Waals surface area contributed by atoms with Crippen LogP contribution >= 0.6 is 11.6 Å². The minimum absolute atomic E-state index is 0.00926. The molecule has 0 aliphatic carbocycles. The Morgan fingerprint density at radius 2 is 1.85 bits per heavy atom. The molecule has 0 unspecified atom stereocenters. The number of nitrogens with zero attached hydrogens (tertiary/aromatic N) is 1. The van der Waals surface area contributed by atoms with Crippen LogP contribution in [0.25, 0.3) is 0 Å². The minimum atomic E-state index is -0.818. The number of hydrogen-bond acceptors (Lipinski definition) is 5. The fraction of sp³-hybridized carbons (Fsp3) is 0.211. The number of benzene rings is 2. The molecule has 0 aromatic heterocycles. The minimum Gasteiger partial charge on any atom is -0.496 e. The van der Waals surface area contributed by atoms with Crippen LogP contribution in [0.4, 0.5) is 10.1 Å². The Morgan fingerprint density at radius 3 is 2.48 bits per heavy atom. The number of hydrogen-bond donors (Lipinski definition) is 0. The molecule has 0 saturated carbocycles. The number of methoxy groups -OCH3 is 1. The van der Waals surface area contributed by atoms with Crippen molar-refractivity contribution in [1.29, 1.82) is 0 Å². The van der Waals surface area contributed by atoms with Crippen LogP contribution in [0.3, 0.4) is 0 Å². The average Bonchev–Trinajstić information content (AvgIpc) is 2.88. The van der Waals surface area contributed by atoms with Crippen molar-refractivity contribution >= 4 is 35.1 Å². The van der Waals surface area contributed by atoms with Crippen molar-refractivity contribution in [3.63, 3.8) is 0 Å². The number of carbonyl (C=O) groups is 3. The van der Waals surface area contributed by atoms with Gasteiger partial charge in [0.25, 0.3) is 11.8 Å². The number of rotatable bonds is 5. The highest BCUT2D eigenvalue weighted by Crippen LogP contribution is 2.38. The molecule has 2 amide bonds. The zero-order chi connectivity index (χ0) is 19.7. The number of halogens is 2. The smallest absolute Gasteiger partial charge is 0.310 e. The monoisotopic (exact) mass is 391 g/mol. The summed E-state index contributed by atoms with van der Waals surface area (Å²) in [6.07, 6.45) is -0.118. The highest BCUT2D eigenvalue weighted by molar-refractivity contribution is 6.42. The van der Waals surface area contributed by atoms with Crippen LogP contribution in [0.1, 0.15) is 33.2 Å². The molecule has 27 heavy (non-hydrogen) atoms. The Labute approximate surface area is 159 Å². The van der Waals surface area contributed by atoms with E-state index in [0.717, 1.165) is 6.07 Å². The quantitative estimate of drug-likeness (QED) is 0.577. The van der Waals surface area contributed by atoms with Crippen molar-refractivity contribution in [2.45, 2.75) is 13.3 Å². The molecule has 0 bridgehead atoms. The van der Waals surface area contributed by atoms with Crippen LogP contribution in [0.2, 0.25) is 5.02 Å². The molecule has 1 heterocycles. The predicted molar refractivity (Wildman–Crippen MR) is 95.9 cm³/mol. The third-order valence-electron chi connectivity index (χ3n) is 4.08. The lowest BCUT2D eigenvalue weighted by Crippen LogP contribution is -2.30. The number of fused-ring (bicyclic) bond motifs is 1. The van der Waals surface area contributed by atoms with Gasteiger partial charge in [-0.3, -0.25) is 14.4 Å². The van der Waals surface area contributed by atoms with E-state index in [1.807, 2.05) is 0 Å². The van der Waals surface area contributed by atoms with Gasteiger partial charge in [-0.2, -0.15) is 0 Å². The van der Waals surface area contributed by atoms with E-state index >= 15 is 0 Å². The van der Waals surface area contributed by atoms with Gasteiger partial charge in [0.2, 0.25) is 0 Å². The molecule has 0 fully saturated rings. The van der Waals surface area contributed by atoms with E-state index in [1.165, 1.54) is 31.4 Å². The maximum atomic E-state index is 14.6. The number of esters is 1. The summed E-state index contributed by atoms with van der Waals surface area (Å²) < 4.78 is 24.6. The van der Waals surface area contributed by atoms with Gasteiger partial charge in [0, 0.05) is 0 Å². The van der Waals surface area contributed by atoms with E-state index in [9.17, 15) is 18.8 Å². The zero-order valence-electron chi connectivity index (χ0n) is 14.5. The van der Waals surface area contributed by atoms with E-state index in [0.29, 0.717) is 10.5 Å². The van der Waals surface area contributed by atoms with Gasteiger partial charge in [-0.25, -0.2) is 9.29 Å². The molecule has 6 nitrogen and oxygen atoms in total. The first-order valence-electron chi connectivity index (χ1n) is 8.08. The second-order valence-electron chi connectivity index (χ2n) is 5.71. The number of ether oxygens (including phenoxy) is 2. The summed E-state index contributed by atoms with van der Waals surface area (Å²) in [7, 11) is 1.36. The molecule has 0 radical (unpaired) electrons. The fourth-order valence-corrected chi connectivity index (χ4v) is 3.14. The van der Waals surface area contributed by atoms with E-state index < -0.39 is 23.6 Å². The largest absolute Gasteiger partial charge is 0.496 e. The molecule has 0 saturated heterocycles. The summed E-state index contributed by atoms with van der Waals surface area (Å²) in [5.41, 5.74) is 0.0925. The molecule has 140 valence electrons. The maximum absolute atomic E-state index is 14.6. The van der Waals surface area contributed by atoms with Gasteiger partial charge in [0.15, 0.2) is 0 Å². The highest BCUT2D eigenvalue weighted by Gasteiger charge is 2.42. The second kappa shape index (κ2) is 7.36. The summed E-state index contributed by atoms with van der Waals surface area (Å²) >= 11 is 6.06. The van der Waals surface area contributed by atoms with Crippen molar-refractivity contribution < 1.29 is 28.2 Å². The molecule has 8 heteroatoms. The van der Waals surface area contributed by atoms with Gasteiger partial charge in [0.1, 0.15) is 11.6 Å². The highest BCUT2D eigenvalue weighted by atomic mass is 35.5.